The molecule has 7 heteroatoms. The van der Waals surface area contributed by atoms with Crippen LogP contribution in [-0.4, -0.2) is 18.8 Å². The lowest BCUT2D eigenvalue weighted by Crippen LogP contribution is -2.38. The van der Waals surface area contributed by atoms with E-state index in [1.807, 2.05) is 24.3 Å². The summed E-state index contributed by atoms with van der Waals surface area (Å²) in [7, 11) is 1.58. The Bertz CT molecular complexity index is 1010. The third-order valence-electron chi connectivity index (χ3n) is 5.76. The first-order valence-electron chi connectivity index (χ1n) is 9.63. The van der Waals surface area contributed by atoms with Crippen LogP contribution in [0.3, 0.4) is 0 Å². The minimum atomic E-state index is -4.43. The van der Waals surface area contributed by atoms with Crippen molar-refractivity contribution in [1.82, 2.24) is 5.32 Å². The van der Waals surface area contributed by atoms with Gasteiger partial charge in [0, 0.05) is 30.0 Å². The monoisotopic (exact) mass is 415 g/mol. The average molecular weight is 415 g/mol. The van der Waals surface area contributed by atoms with Crippen LogP contribution in [0.25, 0.3) is 0 Å². The zero-order chi connectivity index (χ0) is 21.5. The predicted octanol–water partition coefficient (Wildman–Crippen LogP) is 4.72. The summed E-state index contributed by atoms with van der Waals surface area (Å²) in [5, 5.41) is 2.82. The number of Topliss-reactive ketones (excluding diaryl/α,β-unsaturated/α-hetero) is 1. The lowest BCUT2D eigenvalue weighted by molar-refractivity contribution is -0.137. The first kappa shape index (κ1) is 20.2. The van der Waals surface area contributed by atoms with Gasteiger partial charge in [-0.05, 0) is 47.7 Å². The van der Waals surface area contributed by atoms with E-state index in [0.29, 0.717) is 29.0 Å². The number of alkyl halides is 3. The number of nitrogens with one attached hydrogen (secondary N) is 1. The van der Waals surface area contributed by atoms with E-state index >= 15 is 0 Å². The molecule has 4 rings (SSSR count). The van der Waals surface area contributed by atoms with Crippen molar-refractivity contribution in [2.24, 2.45) is 0 Å². The fourth-order valence-corrected chi connectivity index (χ4v) is 4.26. The smallest absolute Gasteiger partial charge is 0.416 e. The molecule has 1 amide bonds. The van der Waals surface area contributed by atoms with Crippen molar-refractivity contribution in [3.05, 3.63) is 76.5 Å². The summed E-state index contributed by atoms with van der Waals surface area (Å²) in [6, 6.07) is 12.2. The molecule has 1 aliphatic carbocycles. The molecule has 0 spiro atoms. The number of ether oxygens (including phenoxy) is 1. The van der Waals surface area contributed by atoms with Gasteiger partial charge in [0.15, 0.2) is 5.78 Å². The summed E-state index contributed by atoms with van der Waals surface area (Å²) in [5.41, 5.74) is 1.85. The minimum Gasteiger partial charge on any atom is -0.497 e. The van der Waals surface area contributed by atoms with Gasteiger partial charge < -0.3 is 10.1 Å². The molecule has 1 heterocycles. The Kier molecular flexibility index (Phi) is 5.13. The van der Waals surface area contributed by atoms with Gasteiger partial charge in [-0.25, -0.2) is 0 Å². The molecular weight excluding hydrogens is 395 g/mol. The van der Waals surface area contributed by atoms with Crippen LogP contribution in [0.5, 0.6) is 5.75 Å². The van der Waals surface area contributed by atoms with Crippen LogP contribution >= 0.6 is 0 Å². The molecule has 0 radical (unpaired) electrons. The van der Waals surface area contributed by atoms with Gasteiger partial charge in [0.1, 0.15) is 5.75 Å². The maximum absolute atomic E-state index is 13.0. The van der Waals surface area contributed by atoms with Gasteiger partial charge in [-0.3, -0.25) is 9.59 Å². The number of amides is 1. The van der Waals surface area contributed by atoms with E-state index in [2.05, 4.69) is 5.32 Å². The fourth-order valence-electron chi connectivity index (χ4n) is 4.26. The second-order valence-electron chi connectivity index (χ2n) is 7.62. The summed E-state index contributed by atoms with van der Waals surface area (Å²) in [4.78, 5) is 25.3. The Hall–Kier alpha value is -3.09. The van der Waals surface area contributed by atoms with Crippen molar-refractivity contribution in [2.45, 2.75) is 37.3 Å². The predicted molar refractivity (Wildman–Crippen MR) is 104 cm³/mol. The molecular formula is C23H20F3NO3. The summed E-state index contributed by atoms with van der Waals surface area (Å²) < 4.78 is 43.8. The summed E-state index contributed by atoms with van der Waals surface area (Å²) in [6.45, 7) is 0. The third-order valence-corrected chi connectivity index (χ3v) is 5.76. The van der Waals surface area contributed by atoms with Crippen molar-refractivity contribution < 1.29 is 27.5 Å². The van der Waals surface area contributed by atoms with Gasteiger partial charge in [0.25, 0.3) is 0 Å². The largest absolute Gasteiger partial charge is 0.497 e. The summed E-state index contributed by atoms with van der Waals surface area (Å²) >= 11 is 0. The highest BCUT2D eigenvalue weighted by atomic mass is 19.4. The Balaban J connectivity index is 1.65. The zero-order valence-electron chi connectivity index (χ0n) is 16.3. The Morgan fingerprint density at radius 3 is 2.13 bits per heavy atom. The van der Waals surface area contributed by atoms with Crippen molar-refractivity contribution in [3.8, 4) is 5.75 Å². The van der Waals surface area contributed by atoms with Gasteiger partial charge in [-0.15, -0.1) is 0 Å². The lowest BCUT2D eigenvalue weighted by atomic mass is 9.73. The summed E-state index contributed by atoms with van der Waals surface area (Å²) in [5.74, 6) is -0.202. The number of ketones is 1. The van der Waals surface area contributed by atoms with Gasteiger partial charge in [0.2, 0.25) is 5.91 Å². The van der Waals surface area contributed by atoms with E-state index in [0.717, 1.165) is 17.7 Å². The van der Waals surface area contributed by atoms with Crippen molar-refractivity contribution in [1.29, 1.82) is 0 Å². The number of hydrogen-bond donors (Lipinski definition) is 1. The van der Waals surface area contributed by atoms with Crippen LogP contribution in [0.1, 0.15) is 47.8 Å². The Labute approximate surface area is 171 Å². The molecule has 0 bridgehead atoms. The van der Waals surface area contributed by atoms with Crippen LogP contribution in [0.15, 0.2) is 59.8 Å². The van der Waals surface area contributed by atoms with Crippen molar-refractivity contribution >= 4 is 11.7 Å². The maximum atomic E-state index is 13.0. The molecule has 1 N–H and O–H groups in total. The average Bonchev–Trinajstić information content (AvgIpc) is 2.72. The SMILES string of the molecule is COc1ccc([C@@H]2CC(=O)C3=C(C2)NC(=O)C[C@H]3c2ccc(C(F)(F)F)cc2)cc1. The Morgan fingerprint density at radius 2 is 1.53 bits per heavy atom. The summed E-state index contributed by atoms with van der Waals surface area (Å²) in [6.07, 6.45) is -3.60. The van der Waals surface area contributed by atoms with Gasteiger partial charge in [-0.1, -0.05) is 24.3 Å². The molecule has 2 atom stereocenters. The highest BCUT2D eigenvalue weighted by molar-refractivity contribution is 6.02. The first-order chi connectivity index (χ1) is 14.3. The molecule has 30 heavy (non-hydrogen) atoms. The van der Waals surface area contributed by atoms with E-state index in [9.17, 15) is 22.8 Å². The number of allylic oxidation sites excluding steroid dienone is 2. The number of carbonyl (C=O) groups is 2. The number of carbonyl (C=O) groups excluding carboxylic acids is 2. The number of benzene rings is 2. The minimum absolute atomic E-state index is 0.0448. The van der Waals surface area contributed by atoms with Gasteiger partial charge in [-0.2, -0.15) is 13.2 Å². The lowest BCUT2D eigenvalue weighted by Gasteiger charge is -2.34. The molecule has 4 nitrogen and oxygen atoms in total. The van der Waals surface area contributed by atoms with Gasteiger partial charge in [0.05, 0.1) is 12.7 Å². The normalized spacial score (nSPS) is 21.9. The second-order valence-corrected chi connectivity index (χ2v) is 7.62. The topological polar surface area (TPSA) is 55.4 Å². The van der Waals surface area contributed by atoms with E-state index in [4.69, 9.17) is 4.74 Å². The van der Waals surface area contributed by atoms with Crippen LogP contribution < -0.4 is 10.1 Å². The van der Waals surface area contributed by atoms with Gasteiger partial charge >= 0.3 is 6.18 Å². The molecule has 0 aromatic heterocycles. The van der Waals surface area contributed by atoms with Crippen molar-refractivity contribution in [3.63, 3.8) is 0 Å². The molecule has 2 aromatic carbocycles. The fraction of sp³-hybridized carbons (Fsp3) is 0.304. The van der Waals surface area contributed by atoms with Crippen LogP contribution in [0.2, 0.25) is 0 Å². The molecule has 0 fully saturated rings. The quantitative estimate of drug-likeness (QED) is 0.789. The highest BCUT2D eigenvalue weighted by Crippen LogP contribution is 2.43. The molecule has 156 valence electrons. The molecule has 0 saturated carbocycles. The van der Waals surface area contributed by atoms with Crippen LogP contribution in [0.4, 0.5) is 13.2 Å². The third kappa shape index (κ3) is 3.84. The molecule has 2 aromatic rings. The highest BCUT2D eigenvalue weighted by Gasteiger charge is 2.38. The molecule has 1 aliphatic heterocycles. The van der Waals surface area contributed by atoms with E-state index in [1.165, 1.54) is 12.1 Å². The van der Waals surface area contributed by atoms with Crippen molar-refractivity contribution in [2.75, 3.05) is 7.11 Å². The van der Waals surface area contributed by atoms with E-state index in [-0.39, 0.29) is 30.4 Å². The van der Waals surface area contributed by atoms with E-state index in [1.54, 1.807) is 7.11 Å². The molecule has 2 aliphatic rings. The maximum Gasteiger partial charge on any atom is 0.416 e. The number of halogens is 3. The number of hydrogen-bond acceptors (Lipinski definition) is 3. The van der Waals surface area contributed by atoms with Crippen LogP contribution in [-0.2, 0) is 15.8 Å². The second kappa shape index (κ2) is 7.63. The standard InChI is InChI=1S/C23H20F3NO3/c1-30-17-8-4-13(5-9-17)15-10-19-22(20(28)11-15)18(12-21(29)27-19)14-2-6-16(7-3-14)23(24,25)26/h2-9,15,18H,10-12H2,1H3,(H,27,29)/t15-,18-/m0/s1. The zero-order valence-corrected chi connectivity index (χ0v) is 16.3. The van der Waals surface area contributed by atoms with Crippen LogP contribution in [0, 0.1) is 0 Å². The number of rotatable bonds is 3. The first-order valence-corrected chi connectivity index (χ1v) is 9.63. The number of methoxy groups -OCH3 is 1. The molecule has 0 unspecified atom stereocenters. The Morgan fingerprint density at radius 1 is 0.900 bits per heavy atom. The van der Waals surface area contributed by atoms with E-state index < -0.39 is 17.7 Å². The molecule has 0 saturated heterocycles.